The van der Waals surface area contributed by atoms with Crippen LogP contribution in [0.15, 0.2) is 18.2 Å². The molecule has 17 heavy (non-hydrogen) atoms. The molecule has 0 aromatic heterocycles. The van der Waals surface area contributed by atoms with Gasteiger partial charge in [0.1, 0.15) is 6.04 Å². The lowest BCUT2D eigenvalue weighted by atomic mass is 10.1. The molecule has 1 amide bonds. The molecule has 2 rings (SSSR count). The van der Waals surface area contributed by atoms with Gasteiger partial charge in [0.15, 0.2) is 0 Å². The number of fused-ring (bicyclic) bond motifs is 1. The molecule has 5 heteroatoms. The number of rotatable bonds is 2. The second-order valence-corrected chi connectivity index (χ2v) is 4.21. The Morgan fingerprint density at radius 2 is 2.24 bits per heavy atom. The number of carboxylic acids is 1. The summed E-state index contributed by atoms with van der Waals surface area (Å²) in [4.78, 5) is 24.1. The van der Waals surface area contributed by atoms with Crippen molar-refractivity contribution < 1.29 is 14.7 Å². The van der Waals surface area contributed by atoms with Crippen LogP contribution in [0.3, 0.4) is 0 Å². The summed E-state index contributed by atoms with van der Waals surface area (Å²) < 4.78 is 0. The molecule has 0 spiro atoms. The number of nitrogens with one attached hydrogen (secondary N) is 1. The van der Waals surface area contributed by atoms with E-state index in [-0.39, 0.29) is 12.5 Å². The summed E-state index contributed by atoms with van der Waals surface area (Å²) in [6.07, 6.45) is 0. The molecule has 0 aliphatic carbocycles. The summed E-state index contributed by atoms with van der Waals surface area (Å²) in [5, 5.41) is 11.8. The highest BCUT2D eigenvalue weighted by Gasteiger charge is 2.29. The van der Waals surface area contributed by atoms with Gasteiger partial charge in [0.25, 0.3) is 0 Å². The minimum Gasteiger partial charge on any atom is -0.480 e. The lowest BCUT2D eigenvalue weighted by molar-refractivity contribution is -0.138. The molecule has 90 valence electrons. The normalized spacial score (nSPS) is 16.1. The standard InChI is InChI=1S/C12H14N2O3/c1-7-3-4-9-10(5-7)14(6-11(15)13-9)8(2)12(16)17/h3-5,8H,6H2,1-2H3,(H,13,15)(H,16,17). The zero-order valence-electron chi connectivity index (χ0n) is 9.73. The average Bonchev–Trinajstić information content (AvgIpc) is 2.27. The third-order valence-electron chi connectivity index (χ3n) is 2.88. The Morgan fingerprint density at radius 1 is 1.53 bits per heavy atom. The number of benzene rings is 1. The lowest BCUT2D eigenvalue weighted by Gasteiger charge is -2.33. The van der Waals surface area contributed by atoms with Crippen molar-refractivity contribution in [1.29, 1.82) is 0 Å². The lowest BCUT2D eigenvalue weighted by Crippen LogP contribution is -2.46. The molecule has 1 aromatic carbocycles. The van der Waals surface area contributed by atoms with Crippen molar-refractivity contribution in [2.24, 2.45) is 0 Å². The average molecular weight is 234 g/mol. The van der Waals surface area contributed by atoms with E-state index < -0.39 is 12.0 Å². The minimum absolute atomic E-state index is 0.0733. The van der Waals surface area contributed by atoms with E-state index in [0.717, 1.165) is 11.3 Å². The first kappa shape index (κ1) is 11.4. The number of carbonyl (C=O) groups is 2. The SMILES string of the molecule is Cc1ccc2c(c1)N(C(C)C(=O)O)CC(=O)N2. The molecule has 0 radical (unpaired) electrons. The maximum absolute atomic E-state index is 11.5. The van der Waals surface area contributed by atoms with E-state index in [4.69, 9.17) is 5.11 Å². The van der Waals surface area contributed by atoms with Crippen molar-refractivity contribution in [1.82, 2.24) is 0 Å². The van der Waals surface area contributed by atoms with Crippen LogP contribution in [0.4, 0.5) is 11.4 Å². The number of hydrogen-bond acceptors (Lipinski definition) is 3. The fraction of sp³-hybridized carbons (Fsp3) is 0.333. The summed E-state index contributed by atoms with van der Waals surface area (Å²) in [6.45, 7) is 3.58. The van der Waals surface area contributed by atoms with E-state index in [0.29, 0.717) is 5.69 Å². The van der Waals surface area contributed by atoms with E-state index in [1.54, 1.807) is 17.9 Å². The first-order valence-electron chi connectivity index (χ1n) is 5.39. The van der Waals surface area contributed by atoms with Crippen molar-refractivity contribution in [3.8, 4) is 0 Å². The molecular weight excluding hydrogens is 220 g/mol. The molecule has 1 heterocycles. The van der Waals surface area contributed by atoms with Crippen LogP contribution in [-0.2, 0) is 9.59 Å². The predicted molar refractivity (Wildman–Crippen MR) is 64.3 cm³/mol. The third-order valence-corrected chi connectivity index (χ3v) is 2.88. The second-order valence-electron chi connectivity index (χ2n) is 4.21. The Hall–Kier alpha value is -2.04. The van der Waals surface area contributed by atoms with Gasteiger partial charge in [0.05, 0.1) is 17.9 Å². The topological polar surface area (TPSA) is 69.6 Å². The fourth-order valence-electron chi connectivity index (χ4n) is 1.89. The van der Waals surface area contributed by atoms with Crippen LogP contribution in [0.1, 0.15) is 12.5 Å². The van der Waals surface area contributed by atoms with Crippen LogP contribution in [0.2, 0.25) is 0 Å². The van der Waals surface area contributed by atoms with Crippen molar-refractivity contribution in [3.63, 3.8) is 0 Å². The largest absolute Gasteiger partial charge is 0.480 e. The fourth-order valence-corrected chi connectivity index (χ4v) is 1.89. The smallest absolute Gasteiger partial charge is 0.326 e. The molecule has 0 bridgehead atoms. The number of aryl methyl sites for hydroxylation is 1. The molecule has 0 fully saturated rings. The number of aliphatic carboxylic acids is 1. The Morgan fingerprint density at radius 3 is 2.88 bits per heavy atom. The van der Waals surface area contributed by atoms with Crippen molar-refractivity contribution >= 4 is 23.3 Å². The molecule has 1 aliphatic heterocycles. The Kier molecular flexibility index (Phi) is 2.75. The van der Waals surface area contributed by atoms with Crippen molar-refractivity contribution in [3.05, 3.63) is 23.8 Å². The van der Waals surface area contributed by atoms with Crippen LogP contribution >= 0.6 is 0 Å². The van der Waals surface area contributed by atoms with Crippen molar-refractivity contribution in [2.45, 2.75) is 19.9 Å². The Labute approximate surface area is 99.0 Å². The quantitative estimate of drug-likeness (QED) is 0.807. The monoisotopic (exact) mass is 234 g/mol. The van der Waals surface area contributed by atoms with Gasteiger partial charge >= 0.3 is 5.97 Å². The summed E-state index contributed by atoms with van der Waals surface area (Å²) in [5.74, 6) is -1.12. The molecule has 1 unspecified atom stereocenters. The number of hydrogen-bond donors (Lipinski definition) is 2. The van der Waals surface area contributed by atoms with Gasteiger partial charge in [-0.05, 0) is 31.5 Å². The van der Waals surface area contributed by atoms with E-state index in [1.807, 2.05) is 19.1 Å². The van der Waals surface area contributed by atoms with Crippen molar-refractivity contribution in [2.75, 3.05) is 16.8 Å². The van der Waals surface area contributed by atoms with Gasteiger partial charge in [-0.15, -0.1) is 0 Å². The first-order valence-corrected chi connectivity index (χ1v) is 5.39. The highest BCUT2D eigenvalue weighted by atomic mass is 16.4. The molecule has 0 saturated heterocycles. The summed E-state index contributed by atoms with van der Waals surface area (Å²) in [5.41, 5.74) is 2.46. The number of anilines is 2. The van der Waals surface area contributed by atoms with Gasteiger partial charge < -0.3 is 15.3 Å². The van der Waals surface area contributed by atoms with Gasteiger partial charge in [-0.1, -0.05) is 6.07 Å². The molecule has 5 nitrogen and oxygen atoms in total. The third kappa shape index (κ3) is 2.08. The van der Waals surface area contributed by atoms with Gasteiger partial charge in [-0.2, -0.15) is 0 Å². The van der Waals surface area contributed by atoms with E-state index in [1.165, 1.54) is 0 Å². The molecule has 2 N–H and O–H groups in total. The van der Waals surface area contributed by atoms with Gasteiger partial charge in [-0.3, -0.25) is 4.79 Å². The number of carbonyl (C=O) groups excluding carboxylic acids is 1. The van der Waals surface area contributed by atoms with E-state index in [2.05, 4.69) is 5.32 Å². The first-order chi connectivity index (χ1) is 7.99. The molecule has 0 saturated carbocycles. The van der Waals surface area contributed by atoms with Crippen LogP contribution in [0.5, 0.6) is 0 Å². The number of nitrogens with zero attached hydrogens (tertiary/aromatic N) is 1. The molecule has 1 aromatic rings. The second kappa shape index (κ2) is 4.08. The number of amides is 1. The van der Waals surface area contributed by atoms with E-state index in [9.17, 15) is 9.59 Å². The predicted octanol–water partition coefficient (Wildman–Crippen LogP) is 1.23. The highest BCUT2D eigenvalue weighted by Crippen LogP contribution is 2.31. The summed E-state index contributed by atoms with van der Waals surface area (Å²) in [6, 6.07) is 4.84. The van der Waals surface area contributed by atoms with Crippen LogP contribution in [0.25, 0.3) is 0 Å². The minimum atomic E-state index is -0.938. The molecule has 1 aliphatic rings. The van der Waals surface area contributed by atoms with Gasteiger partial charge in [-0.25, -0.2) is 4.79 Å². The zero-order chi connectivity index (χ0) is 12.6. The van der Waals surface area contributed by atoms with Crippen LogP contribution < -0.4 is 10.2 Å². The molecule has 1 atom stereocenters. The van der Waals surface area contributed by atoms with Gasteiger partial charge in [0.2, 0.25) is 5.91 Å². The molecular formula is C12H14N2O3. The summed E-state index contributed by atoms with van der Waals surface area (Å²) >= 11 is 0. The zero-order valence-corrected chi connectivity index (χ0v) is 9.73. The summed E-state index contributed by atoms with van der Waals surface area (Å²) in [7, 11) is 0. The van der Waals surface area contributed by atoms with Crippen LogP contribution in [0, 0.1) is 6.92 Å². The Bertz CT molecular complexity index is 485. The maximum Gasteiger partial charge on any atom is 0.326 e. The van der Waals surface area contributed by atoms with Gasteiger partial charge in [0, 0.05) is 0 Å². The van der Waals surface area contributed by atoms with Crippen LogP contribution in [-0.4, -0.2) is 29.6 Å². The maximum atomic E-state index is 11.5. The number of carboxylic acid groups (broad SMARTS) is 1. The van der Waals surface area contributed by atoms with E-state index >= 15 is 0 Å². The Balaban J connectivity index is 2.46. The highest BCUT2D eigenvalue weighted by molar-refractivity contribution is 6.02.